The Kier molecular flexibility index (Phi) is 7.40. The number of hydrogen-bond donors (Lipinski definition) is 0. The first-order chi connectivity index (χ1) is 14.0. The molecule has 154 valence electrons. The molecular weight excluding hydrogens is 360 g/mol. The smallest absolute Gasteiger partial charge is 0.173 e. The fraction of sp³-hybridized carbons (Fsp3) is 0.385. The normalized spacial score (nSPS) is 11.2. The lowest BCUT2D eigenvalue weighted by Gasteiger charge is -2.19. The number of benzene rings is 3. The molecule has 0 saturated heterocycles. The van der Waals surface area contributed by atoms with Crippen molar-refractivity contribution in [3.05, 3.63) is 60.7 Å². The molecule has 0 saturated carbocycles. The van der Waals surface area contributed by atoms with Crippen molar-refractivity contribution in [1.82, 2.24) is 0 Å². The lowest BCUT2D eigenvalue weighted by atomic mass is 10.1. The van der Waals surface area contributed by atoms with Crippen molar-refractivity contribution < 1.29 is 14.2 Å². The Hall–Kier alpha value is -2.68. The van der Waals surface area contributed by atoms with Gasteiger partial charge in [0.1, 0.15) is 11.5 Å². The maximum absolute atomic E-state index is 6.25. The average molecular weight is 393 g/mol. The van der Waals surface area contributed by atoms with Crippen LogP contribution in [-0.2, 0) is 0 Å². The van der Waals surface area contributed by atoms with E-state index in [1.807, 2.05) is 48.5 Å². The summed E-state index contributed by atoms with van der Waals surface area (Å²) in [4.78, 5) is 0. The van der Waals surface area contributed by atoms with Crippen molar-refractivity contribution in [2.75, 3.05) is 13.2 Å². The van der Waals surface area contributed by atoms with Gasteiger partial charge in [-0.2, -0.15) is 0 Å². The lowest BCUT2D eigenvalue weighted by molar-refractivity contribution is 0.276. The van der Waals surface area contributed by atoms with Gasteiger partial charge in [-0.25, -0.2) is 0 Å². The Bertz CT molecular complexity index is 900. The van der Waals surface area contributed by atoms with Gasteiger partial charge in [0.15, 0.2) is 11.5 Å². The van der Waals surface area contributed by atoms with Crippen molar-refractivity contribution >= 4 is 10.8 Å². The molecule has 0 heterocycles. The second-order valence-electron chi connectivity index (χ2n) is 8.22. The van der Waals surface area contributed by atoms with E-state index in [9.17, 15) is 0 Å². The maximum Gasteiger partial charge on any atom is 0.173 e. The molecule has 0 aliphatic heterocycles. The summed E-state index contributed by atoms with van der Waals surface area (Å²) in [6.45, 7) is 10.2. The summed E-state index contributed by atoms with van der Waals surface area (Å²) in [6.07, 6.45) is 2.00. The minimum Gasteiger partial charge on any atom is -0.493 e. The Morgan fingerprint density at radius 3 is 1.90 bits per heavy atom. The van der Waals surface area contributed by atoms with E-state index in [1.54, 1.807) is 0 Å². The average Bonchev–Trinajstić information content (AvgIpc) is 2.70. The van der Waals surface area contributed by atoms with Crippen LogP contribution < -0.4 is 14.2 Å². The largest absolute Gasteiger partial charge is 0.493 e. The van der Waals surface area contributed by atoms with Crippen LogP contribution in [0.15, 0.2) is 60.7 Å². The highest BCUT2D eigenvalue weighted by atomic mass is 16.5. The van der Waals surface area contributed by atoms with Crippen LogP contribution in [0, 0.1) is 11.8 Å². The van der Waals surface area contributed by atoms with Gasteiger partial charge in [0.25, 0.3) is 0 Å². The number of para-hydroxylation sites is 1. The summed E-state index contributed by atoms with van der Waals surface area (Å²) in [5.74, 6) is 4.27. The molecule has 3 aromatic carbocycles. The third-order valence-corrected chi connectivity index (χ3v) is 4.79. The first kappa shape index (κ1) is 21.0. The van der Waals surface area contributed by atoms with E-state index in [4.69, 9.17) is 14.2 Å². The Labute approximate surface area is 174 Å². The van der Waals surface area contributed by atoms with Crippen molar-refractivity contribution in [3.63, 3.8) is 0 Å². The molecule has 0 amide bonds. The van der Waals surface area contributed by atoms with Crippen LogP contribution in [-0.4, -0.2) is 13.2 Å². The zero-order chi connectivity index (χ0) is 20.6. The summed E-state index contributed by atoms with van der Waals surface area (Å²) in [7, 11) is 0. The molecule has 0 unspecified atom stereocenters. The first-order valence-electron chi connectivity index (χ1n) is 10.6. The number of hydrogen-bond acceptors (Lipinski definition) is 3. The maximum atomic E-state index is 6.25. The van der Waals surface area contributed by atoms with Crippen LogP contribution >= 0.6 is 0 Å². The molecule has 3 heteroatoms. The highest BCUT2D eigenvalue weighted by Gasteiger charge is 2.17. The molecule has 0 fully saturated rings. The molecule has 0 bridgehead atoms. The van der Waals surface area contributed by atoms with Crippen LogP contribution in [0.2, 0.25) is 0 Å². The third kappa shape index (κ3) is 5.90. The standard InChI is InChI=1S/C26H32O3/c1-19(2)14-16-27-24-18-25(29-21-10-6-5-7-11-21)26(28-17-15-20(3)4)23-13-9-8-12-22(23)24/h5-13,18-20H,14-17H2,1-4H3. The van der Waals surface area contributed by atoms with E-state index in [1.165, 1.54) is 0 Å². The second kappa shape index (κ2) is 10.2. The van der Waals surface area contributed by atoms with Gasteiger partial charge in [-0.3, -0.25) is 0 Å². The van der Waals surface area contributed by atoms with Gasteiger partial charge in [0.2, 0.25) is 0 Å². The minimum atomic E-state index is 0.582. The van der Waals surface area contributed by atoms with Crippen molar-refractivity contribution in [2.45, 2.75) is 40.5 Å². The molecule has 3 nitrogen and oxygen atoms in total. The molecule has 0 aromatic heterocycles. The van der Waals surface area contributed by atoms with E-state index in [2.05, 4.69) is 39.8 Å². The predicted molar refractivity (Wildman–Crippen MR) is 120 cm³/mol. The van der Waals surface area contributed by atoms with Gasteiger partial charge >= 0.3 is 0 Å². The zero-order valence-corrected chi connectivity index (χ0v) is 18.0. The van der Waals surface area contributed by atoms with Gasteiger partial charge in [-0.05, 0) is 36.8 Å². The monoisotopic (exact) mass is 392 g/mol. The number of fused-ring (bicyclic) bond motifs is 1. The number of ether oxygens (including phenoxy) is 3. The molecule has 0 N–H and O–H groups in total. The van der Waals surface area contributed by atoms with Crippen molar-refractivity contribution in [1.29, 1.82) is 0 Å². The zero-order valence-electron chi connectivity index (χ0n) is 18.0. The van der Waals surface area contributed by atoms with Crippen LogP contribution in [0.3, 0.4) is 0 Å². The summed E-state index contributed by atoms with van der Waals surface area (Å²) < 4.78 is 18.7. The Morgan fingerprint density at radius 2 is 1.24 bits per heavy atom. The fourth-order valence-electron chi connectivity index (χ4n) is 3.05. The summed E-state index contributed by atoms with van der Waals surface area (Å²) in [6, 6.07) is 20.0. The molecule has 0 radical (unpaired) electrons. The third-order valence-electron chi connectivity index (χ3n) is 4.79. The van der Waals surface area contributed by atoms with E-state index in [0.29, 0.717) is 30.8 Å². The highest BCUT2D eigenvalue weighted by Crippen LogP contribution is 2.43. The van der Waals surface area contributed by atoms with Crippen LogP contribution in [0.1, 0.15) is 40.5 Å². The molecule has 3 rings (SSSR count). The predicted octanol–water partition coefficient (Wildman–Crippen LogP) is 7.48. The van der Waals surface area contributed by atoms with E-state index >= 15 is 0 Å². The lowest BCUT2D eigenvalue weighted by Crippen LogP contribution is -2.05. The topological polar surface area (TPSA) is 27.7 Å². The quantitative estimate of drug-likeness (QED) is 0.358. The molecule has 0 spiro atoms. The fourth-order valence-corrected chi connectivity index (χ4v) is 3.05. The SMILES string of the molecule is CC(C)CCOc1cc(Oc2ccccc2)c(OCCC(C)C)c2ccccc12. The summed E-state index contributed by atoms with van der Waals surface area (Å²) >= 11 is 0. The summed E-state index contributed by atoms with van der Waals surface area (Å²) in [5.41, 5.74) is 0. The first-order valence-corrected chi connectivity index (χ1v) is 10.6. The van der Waals surface area contributed by atoms with Crippen LogP contribution in [0.25, 0.3) is 10.8 Å². The van der Waals surface area contributed by atoms with Crippen LogP contribution in [0.4, 0.5) is 0 Å². The second-order valence-corrected chi connectivity index (χ2v) is 8.22. The van der Waals surface area contributed by atoms with Gasteiger partial charge < -0.3 is 14.2 Å². The minimum absolute atomic E-state index is 0.582. The molecule has 3 aromatic rings. The molecule has 0 aliphatic rings. The van der Waals surface area contributed by atoms with E-state index in [-0.39, 0.29) is 0 Å². The summed E-state index contributed by atoms with van der Waals surface area (Å²) in [5, 5.41) is 2.07. The molecular formula is C26H32O3. The highest BCUT2D eigenvalue weighted by molar-refractivity contribution is 5.95. The Morgan fingerprint density at radius 1 is 0.655 bits per heavy atom. The molecule has 29 heavy (non-hydrogen) atoms. The van der Waals surface area contributed by atoms with E-state index in [0.717, 1.165) is 40.9 Å². The van der Waals surface area contributed by atoms with Crippen LogP contribution in [0.5, 0.6) is 23.0 Å². The van der Waals surface area contributed by atoms with Crippen molar-refractivity contribution in [3.8, 4) is 23.0 Å². The van der Waals surface area contributed by atoms with Gasteiger partial charge in [0, 0.05) is 16.8 Å². The van der Waals surface area contributed by atoms with Gasteiger partial charge in [0.05, 0.1) is 13.2 Å². The van der Waals surface area contributed by atoms with Gasteiger partial charge in [-0.1, -0.05) is 70.2 Å². The molecule has 0 aliphatic carbocycles. The van der Waals surface area contributed by atoms with E-state index < -0.39 is 0 Å². The molecule has 0 atom stereocenters. The van der Waals surface area contributed by atoms with Crippen molar-refractivity contribution in [2.24, 2.45) is 11.8 Å². The van der Waals surface area contributed by atoms with Gasteiger partial charge in [-0.15, -0.1) is 0 Å². The number of rotatable bonds is 10. The Balaban J connectivity index is 2.00.